The van der Waals surface area contributed by atoms with Crippen molar-refractivity contribution in [3.8, 4) is 34.5 Å². The van der Waals surface area contributed by atoms with Crippen molar-refractivity contribution >= 4 is 5.97 Å². The van der Waals surface area contributed by atoms with Gasteiger partial charge in [0.05, 0.1) is 19.1 Å². The van der Waals surface area contributed by atoms with Crippen LogP contribution in [0, 0.1) is 23.7 Å². The van der Waals surface area contributed by atoms with Gasteiger partial charge in [-0.2, -0.15) is 0 Å². The smallest absolute Gasteiger partial charge is 0.306 e. The van der Waals surface area contributed by atoms with Gasteiger partial charge in [-0.25, -0.2) is 4.98 Å². The quantitative estimate of drug-likeness (QED) is 0.664. The van der Waals surface area contributed by atoms with Gasteiger partial charge in [0.2, 0.25) is 0 Å². The first-order valence-corrected chi connectivity index (χ1v) is 11.2. The number of benzene rings is 1. The van der Waals surface area contributed by atoms with Gasteiger partial charge in [-0.15, -0.1) is 0 Å². The minimum Gasteiger partial charge on any atom is -0.493 e. The zero-order valence-corrected chi connectivity index (χ0v) is 18.0. The van der Waals surface area contributed by atoms with Gasteiger partial charge in [0.25, 0.3) is 0 Å². The van der Waals surface area contributed by atoms with Gasteiger partial charge in [0.1, 0.15) is 5.69 Å². The molecule has 2 fully saturated rings. The molecule has 2 aromatic rings. The summed E-state index contributed by atoms with van der Waals surface area (Å²) in [4.78, 5) is 15.5. The van der Waals surface area contributed by atoms with Crippen LogP contribution in [-0.2, 0) is 4.79 Å². The third-order valence-electron chi connectivity index (χ3n) is 6.33. The van der Waals surface area contributed by atoms with Crippen molar-refractivity contribution in [2.24, 2.45) is 11.8 Å². The highest BCUT2D eigenvalue weighted by molar-refractivity contribution is 5.70. The Kier molecular flexibility index (Phi) is 6.76. The Labute approximate surface area is 183 Å². The highest BCUT2D eigenvalue weighted by Gasteiger charge is 2.24. The number of pyridine rings is 1. The average molecular weight is 420 g/mol. The maximum atomic E-state index is 11.1. The molecule has 0 saturated heterocycles. The number of nitrogens with zero attached hydrogens (tertiary/aromatic N) is 1. The lowest BCUT2D eigenvalue weighted by atomic mass is 9.82. The summed E-state index contributed by atoms with van der Waals surface area (Å²) in [6, 6.07) is 9.99. The molecule has 0 aliphatic heterocycles. The van der Waals surface area contributed by atoms with Crippen molar-refractivity contribution in [3.05, 3.63) is 42.2 Å². The van der Waals surface area contributed by atoms with Gasteiger partial charge in [-0.05, 0) is 92.7 Å². The molecule has 5 heteroatoms. The predicted octanol–water partition coefficient (Wildman–Crippen LogP) is 5.32. The lowest BCUT2D eigenvalue weighted by molar-refractivity contribution is -0.142. The molecule has 1 aromatic carbocycles. The number of carboxylic acid groups (broad SMARTS) is 1. The number of hydrogen-bond donors (Lipinski definition) is 1. The van der Waals surface area contributed by atoms with E-state index in [0.717, 1.165) is 54.0 Å². The Bertz CT molecular complexity index is 976. The number of aliphatic carboxylic acids is 1. The fraction of sp³-hybridized carbons (Fsp3) is 0.462. The predicted molar refractivity (Wildman–Crippen MR) is 119 cm³/mol. The summed E-state index contributed by atoms with van der Waals surface area (Å²) in [6.45, 7) is 0. The van der Waals surface area contributed by atoms with Crippen molar-refractivity contribution in [1.29, 1.82) is 0 Å². The Morgan fingerprint density at radius 1 is 1.00 bits per heavy atom. The van der Waals surface area contributed by atoms with E-state index in [1.807, 2.05) is 30.3 Å². The first-order chi connectivity index (χ1) is 15.1. The summed E-state index contributed by atoms with van der Waals surface area (Å²) in [5.74, 6) is 7.39. The molecule has 0 bridgehead atoms. The molecule has 162 valence electrons. The van der Waals surface area contributed by atoms with E-state index in [0.29, 0.717) is 12.8 Å². The number of ether oxygens (including phenoxy) is 2. The molecular formula is C26H29NO4. The van der Waals surface area contributed by atoms with Gasteiger partial charge in [-0.1, -0.05) is 12.0 Å². The zero-order valence-electron chi connectivity index (χ0n) is 18.0. The molecular weight excluding hydrogens is 390 g/mol. The summed E-state index contributed by atoms with van der Waals surface area (Å²) in [7, 11) is 1.67. The van der Waals surface area contributed by atoms with Gasteiger partial charge >= 0.3 is 5.97 Å². The number of hydrogen-bond acceptors (Lipinski definition) is 4. The number of rotatable bonds is 5. The lowest BCUT2D eigenvalue weighted by Gasteiger charge is -2.22. The minimum absolute atomic E-state index is 0.213. The molecule has 5 nitrogen and oxygen atoms in total. The van der Waals surface area contributed by atoms with Gasteiger partial charge < -0.3 is 14.6 Å². The Morgan fingerprint density at radius 2 is 1.74 bits per heavy atom. The normalized spacial score (nSPS) is 21.2. The standard InChI is InChI=1S/C26H29NO4/c1-30-24-13-11-20(17-25(24)31-23-4-2-3-5-23)21-14-15-27-22(16-21)12-8-18-6-9-19(10-7-18)26(28)29/h11,13-19,23H,2-7,9-10H2,1H3,(H,28,29)/t18-,19+. The minimum atomic E-state index is -0.684. The second-order valence-electron chi connectivity index (χ2n) is 8.48. The van der Waals surface area contributed by atoms with Crippen LogP contribution in [0.25, 0.3) is 11.1 Å². The summed E-state index contributed by atoms with van der Waals surface area (Å²) in [6.07, 6.45) is 9.76. The third kappa shape index (κ3) is 5.38. The number of methoxy groups -OCH3 is 1. The molecule has 0 radical (unpaired) electrons. The van der Waals surface area contributed by atoms with E-state index in [4.69, 9.17) is 14.6 Å². The molecule has 0 atom stereocenters. The molecule has 0 spiro atoms. The molecule has 2 aliphatic carbocycles. The molecule has 0 unspecified atom stereocenters. The second-order valence-corrected chi connectivity index (χ2v) is 8.48. The number of carboxylic acids is 1. The van der Waals surface area contributed by atoms with Gasteiger partial charge in [0, 0.05) is 12.1 Å². The van der Waals surface area contributed by atoms with Crippen LogP contribution in [0.1, 0.15) is 57.1 Å². The van der Waals surface area contributed by atoms with E-state index in [1.165, 1.54) is 12.8 Å². The van der Waals surface area contributed by atoms with Crippen LogP contribution in [0.2, 0.25) is 0 Å². The molecule has 0 amide bonds. The van der Waals surface area contributed by atoms with Crippen LogP contribution in [0.4, 0.5) is 0 Å². The van der Waals surface area contributed by atoms with Gasteiger partial charge in [-0.3, -0.25) is 4.79 Å². The van der Waals surface area contributed by atoms with Crippen molar-refractivity contribution in [1.82, 2.24) is 4.98 Å². The molecule has 2 saturated carbocycles. The highest BCUT2D eigenvalue weighted by Crippen LogP contribution is 2.35. The number of carbonyl (C=O) groups is 1. The fourth-order valence-corrected chi connectivity index (χ4v) is 4.47. The lowest BCUT2D eigenvalue weighted by Crippen LogP contribution is -2.20. The average Bonchev–Trinajstić information content (AvgIpc) is 3.31. The molecule has 4 rings (SSSR count). The Morgan fingerprint density at radius 3 is 2.45 bits per heavy atom. The van der Waals surface area contributed by atoms with Crippen molar-refractivity contribution in [2.45, 2.75) is 57.5 Å². The molecule has 31 heavy (non-hydrogen) atoms. The van der Waals surface area contributed by atoms with Crippen LogP contribution in [0.5, 0.6) is 11.5 Å². The highest BCUT2D eigenvalue weighted by atomic mass is 16.5. The summed E-state index contributed by atoms with van der Waals surface area (Å²) in [5, 5.41) is 9.14. The fourth-order valence-electron chi connectivity index (χ4n) is 4.47. The van der Waals surface area contributed by atoms with Crippen molar-refractivity contribution < 1.29 is 19.4 Å². The Hall–Kier alpha value is -3.00. The SMILES string of the molecule is COc1ccc(-c2ccnc(C#C[C@H]3CC[C@@H](C(=O)O)CC3)c2)cc1OC1CCCC1. The van der Waals surface area contributed by atoms with E-state index in [2.05, 4.69) is 16.8 Å². The second kappa shape index (κ2) is 9.87. The molecule has 2 aliphatic rings. The third-order valence-corrected chi connectivity index (χ3v) is 6.33. The molecule has 1 heterocycles. The topological polar surface area (TPSA) is 68.7 Å². The summed E-state index contributed by atoms with van der Waals surface area (Å²) in [5.41, 5.74) is 2.81. The van der Waals surface area contributed by atoms with Crippen LogP contribution in [0.15, 0.2) is 36.5 Å². The first-order valence-electron chi connectivity index (χ1n) is 11.2. The zero-order chi connectivity index (χ0) is 21.6. The van der Waals surface area contributed by atoms with E-state index in [9.17, 15) is 4.79 Å². The largest absolute Gasteiger partial charge is 0.493 e. The number of aromatic nitrogens is 1. The Balaban J connectivity index is 1.49. The van der Waals surface area contributed by atoms with Crippen LogP contribution < -0.4 is 9.47 Å². The van der Waals surface area contributed by atoms with Crippen LogP contribution in [0.3, 0.4) is 0 Å². The monoisotopic (exact) mass is 419 g/mol. The summed E-state index contributed by atoms with van der Waals surface area (Å²) < 4.78 is 11.7. The van der Waals surface area contributed by atoms with Crippen LogP contribution >= 0.6 is 0 Å². The van der Waals surface area contributed by atoms with Crippen molar-refractivity contribution in [3.63, 3.8) is 0 Å². The molecule has 1 N–H and O–H groups in total. The van der Waals surface area contributed by atoms with Crippen LogP contribution in [-0.4, -0.2) is 29.3 Å². The van der Waals surface area contributed by atoms with E-state index in [-0.39, 0.29) is 17.9 Å². The van der Waals surface area contributed by atoms with E-state index >= 15 is 0 Å². The first kappa shape index (κ1) is 21.2. The maximum absolute atomic E-state index is 11.1. The summed E-state index contributed by atoms with van der Waals surface area (Å²) >= 11 is 0. The molecule has 1 aromatic heterocycles. The van der Waals surface area contributed by atoms with Crippen molar-refractivity contribution in [2.75, 3.05) is 7.11 Å². The van der Waals surface area contributed by atoms with E-state index in [1.54, 1.807) is 13.3 Å². The van der Waals surface area contributed by atoms with Gasteiger partial charge in [0.15, 0.2) is 11.5 Å². The van der Waals surface area contributed by atoms with E-state index < -0.39 is 5.97 Å². The maximum Gasteiger partial charge on any atom is 0.306 e.